The molecule has 1 atom stereocenters. The van der Waals surface area contributed by atoms with Crippen molar-refractivity contribution in [3.63, 3.8) is 0 Å². The number of nitrogens with zero attached hydrogens (tertiary/aromatic N) is 1. The highest BCUT2D eigenvalue weighted by atomic mass is 32.2. The molecule has 1 heterocycles. The predicted octanol–water partition coefficient (Wildman–Crippen LogP) is 2.13. The van der Waals surface area contributed by atoms with Crippen molar-refractivity contribution < 1.29 is 14.6 Å². The van der Waals surface area contributed by atoms with Crippen molar-refractivity contribution in [1.82, 2.24) is 4.98 Å². The van der Waals surface area contributed by atoms with Crippen LogP contribution in [0.4, 0.5) is 0 Å². The number of aliphatic carboxylic acids is 1. The number of nitrogens with two attached hydrogens (primary N) is 1. The molecule has 1 aromatic heterocycles. The number of hydrogen-bond acceptors (Lipinski definition) is 5. The van der Waals surface area contributed by atoms with Gasteiger partial charge in [0.25, 0.3) is 0 Å². The van der Waals surface area contributed by atoms with E-state index in [0.717, 1.165) is 22.6 Å². The van der Waals surface area contributed by atoms with Crippen molar-refractivity contribution >= 4 is 17.7 Å². The zero-order valence-corrected chi connectivity index (χ0v) is 13.4. The first-order valence-electron chi connectivity index (χ1n) is 6.32. The lowest BCUT2D eigenvalue weighted by Gasteiger charge is -2.28. The van der Waals surface area contributed by atoms with E-state index in [-0.39, 0.29) is 0 Å². The van der Waals surface area contributed by atoms with Gasteiger partial charge in [0.15, 0.2) is 0 Å². The highest BCUT2D eigenvalue weighted by molar-refractivity contribution is 7.99. The largest absolute Gasteiger partial charge is 0.496 e. The Morgan fingerprint density at radius 2 is 2.15 bits per heavy atom. The van der Waals surface area contributed by atoms with Gasteiger partial charge in [0.05, 0.1) is 12.8 Å². The number of carboxylic acid groups (broad SMARTS) is 1. The Morgan fingerprint density at radius 1 is 1.55 bits per heavy atom. The predicted molar refractivity (Wildman–Crippen MR) is 81.2 cm³/mol. The van der Waals surface area contributed by atoms with Crippen molar-refractivity contribution in [1.29, 1.82) is 0 Å². The number of methoxy groups -OCH3 is 1. The van der Waals surface area contributed by atoms with Crippen LogP contribution in [-0.4, -0.2) is 34.0 Å². The van der Waals surface area contributed by atoms with E-state index >= 15 is 0 Å². The molecule has 1 aromatic rings. The average molecular weight is 298 g/mol. The number of carbonyl (C=O) groups is 1. The van der Waals surface area contributed by atoms with Gasteiger partial charge in [0.2, 0.25) is 0 Å². The number of aromatic nitrogens is 1. The molecular weight excluding hydrogens is 276 g/mol. The number of carboxylic acids is 1. The van der Waals surface area contributed by atoms with E-state index in [0.29, 0.717) is 5.75 Å². The van der Waals surface area contributed by atoms with Gasteiger partial charge in [-0.3, -0.25) is 9.78 Å². The summed E-state index contributed by atoms with van der Waals surface area (Å²) in [4.78, 5) is 15.4. The number of hydrogen-bond donors (Lipinski definition) is 2. The summed E-state index contributed by atoms with van der Waals surface area (Å²) < 4.78 is 4.79. The summed E-state index contributed by atoms with van der Waals surface area (Å²) in [6.45, 7) is 7.56. The number of rotatable bonds is 6. The molecule has 0 radical (unpaired) electrons. The molecule has 0 amide bonds. The smallest absolute Gasteiger partial charge is 0.321 e. The van der Waals surface area contributed by atoms with Gasteiger partial charge in [0, 0.05) is 27.8 Å². The average Bonchev–Trinajstić information content (AvgIpc) is 2.37. The second kappa shape index (κ2) is 6.45. The third-order valence-corrected chi connectivity index (χ3v) is 4.76. The van der Waals surface area contributed by atoms with Gasteiger partial charge in [-0.05, 0) is 27.7 Å². The van der Waals surface area contributed by atoms with Crippen molar-refractivity contribution in [2.45, 2.75) is 44.2 Å². The van der Waals surface area contributed by atoms with Crippen molar-refractivity contribution in [3.05, 3.63) is 23.0 Å². The zero-order valence-electron chi connectivity index (χ0n) is 12.6. The van der Waals surface area contributed by atoms with Crippen LogP contribution in [0.15, 0.2) is 6.20 Å². The van der Waals surface area contributed by atoms with E-state index in [9.17, 15) is 4.79 Å². The van der Waals surface area contributed by atoms with Gasteiger partial charge in [-0.2, -0.15) is 0 Å². The summed E-state index contributed by atoms with van der Waals surface area (Å²) in [6.07, 6.45) is 1.77. The molecule has 0 spiro atoms. The normalized spacial score (nSPS) is 13.1. The number of ether oxygens (including phenoxy) is 1. The molecule has 0 saturated carbocycles. The molecular formula is C14H22N2O3S. The number of aryl methyl sites for hydroxylation is 1. The number of thioether (sulfide) groups is 1. The summed E-state index contributed by atoms with van der Waals surface area (Å²) in [5, 5.41) is 9.01. The van der Waals surface area contributed by atoms with Crippen LogP contribution in [0.3, 0.4) is 0 Å². The lowest BCUT2D eigenvalue weighted by atomic mass is 10.1. The van der Waals surface area contributed by atoms with Crippen LogP contribution in [0.2, 0.25) is 0 Å². The second-order valence-electron chi connectivity index (χ2n) is 5.25. The molecule has 0 aliphatic rings. The molecule has 5 nitrogen and oxygen atoms in total. The standard InChI is InChI=1S/C14H22N2O3S/c1-8-6-16-10(9(2)11(8)19-5)7-20-14(3,4)12(15)13(17)18/h6,12H,7,15H2,1-5H3,(H,17,18)/t12-/m1/s1. The molecule has 0 aliphatic heterocycles. The van der Waals surface area contributed by atoms with E-state index in [1.54, 1.807) is 13.3 Å². The maximum Gasteiger partial charge on any atom is 0.321 e. The number of pyridine rings is 1. The molecule has 0 unspecified atom stereocenters. The third-order valence-electron chi connectivity index (χ3n) is 3.35. The summed E-state index contributed by atoms with van der Waals surface area (Å²) in [6, 6.07) is -0.917. The Hall–Kier alpha value is -1.27. The highest BCUT2D eigenvalue weighted by Crippen LogP contribution is 2.33. The zero-order chi connectivity index (χ0) is 15.5. The Bertz CT molecular complexity index is 503. The minimum atomic E-state index is -0.992. The fourth-order valence-electron chi connectivity index (χ4n) is 1.86. The lowest BCUT2D eigenvalue weighted by Crippen LogP contribution is -2.46. The summed E-state index contributed by atoms with van der Waals surface area (Å²) >= 11 is 1.48. The van der Waals surface area contributed by atoms with Crippen LogP contribution < -0.4 is 10.5 Å². The SMILES string of the molecule is COc1c(C)cnc(CSC(C)(C)[C@H](N)C(=O)O)c1C. The first-order valence-corrected chi connectivity index (χ1v) is 7.30. The fraction of sp³-hybridized carbons (Fsp3) is 0.571. The molecule has 1 rings (SSSR count). The topological polar surface area (TPSA) is 85.4 Å². The van der Waals surface area contributed by atoms with Gasteiger partial charge in [-0.25, -0.2) is 0 Å². The minimum absolute atomic E-state index is 0.571. The highest BCUT2D eigenvalue weighted by Gasteiger charge is 2.32. The van der Waals surface area contributed by atoms with Gasteiger partial charge in [0.1, 0.15) is 11.8 Å². The molecule has 0 bridgehead atoms. The second-order valence-corrected chi connectivity index (χ2v) is 6.88. The van der Waals surface area contributed by atoms with Gasteiger partial charge in [-0.15, -0.1) is 11.8 Å². The van der Waals surface area contributed by atoms with Crippen LogP contribution in [-0.2, 0) is 10.5 Å². The molecule has 6 heteroatoms. The van der Waals surface area contributed by atoms with E-state index in [1.165, 1.54) is 11.8 Å². The first kappa shape index (κ1) is 16.8. The lowest BCUT2D eigenvalue weighted by molar-refractivity contribution is -0.139. The molecule has 112 valence electrons. The molecule has 0 aliphatic carbocycles. The Morgan fingerprint density at radius 3 is 2.65 bits per heavy atom. The molecule has 0 fully saturated rings. The third kappa shape index (κ3) is 3.64. The summed E-state index contributed by atoms with van der Waals surface area (Å²) in [7, 11) is 1.64. The first-order chi connectivity index (χ1) is 9.20. The molecule has 0 saturated heterocycles. The fourth-order valence-corrected chi connectivity index (χ4v) is 2.94. The van der Waals surface area contributed by atoms with Crippen molar-refractivity contribution in [2.75, 3.05) is 7.11 Å². The van der Waals surface area contributed by atoms with Gasteiger partial charge in [-0.1, -0.05) is 0 Å². The molecule has 3 N–H and O–H groups in total. The summed E-state index contributed by atoms with van der Waals surface area (Å²) in [5.41, 5.74) is 8.58. The quantitative estimate of drug-likeness (QED) is 0.837. The van der Waals surface area contributed by atoms with E-state index in [2.05, 4.69) is 4.98 Å². The summed E-state index contributed by atoms with van der Waals surface area (Å²) in [5.74, 6) is 0.431. The van der Waals surface area contributed by atoms with Crippen LogP contribution in [0.25, 0.3) is 0 Å². The Kier molecular flexibility index (Phi) is 5.42. The Balaban J connectivity index is 2.88. The van der Waals surface area contributed by atoms with Crippen LogP contribution in [0, 0.1) is 13.8 Å². The van der Waals surface area contributed by atoms with E-state index in [4.69, 9.17) is 15.6 Å². The van der Waals surface area contributed by atoms with Gasteiger partial charge < -0.3 is 15.6 Å². The van der Waals surface area contributed by atoms with Crippen molar-refractivity contribution in [3.8, 4) is 5.75 Å². The Labute approximate surface area is 123 Å². The minimum Gasteiger partial charge on any atom is -0.496 e. The van der Waals surface area contributed by atoms with Crippen LogP contribution in [0.5, 0.6) is 5.75 Å². The monoisotopic (exact) mass is 298 g/mol. The van der Waals surface area contributed by atoms with Crippen LogP contribution in [0.1, 0.15) is 30.7 Å². The molecule has 20 heavy (non-hydrogen) atoms. The maximum atomic E-state index is 11.0. The van der Waals surface area contributed by atoms with E-state index in [1.807, 2.05) is 27.7 Å². The maximum absolute atomic E-state index is 11.0. The van der Waals surface area contributed by atoms with Gasteiger partial charge >= 0.3 is 5.97 Å². The molecule has 0 aromatic carbocycles. The van der Waals surface area contributed by atoms with E-state index < -0.39 is 16.8 Å². The van der Waals surface area contributed by atoms with Crippen molar-refractivity contribution in [2.24, 2.45) is 5.73 Å². The van der Waals surface area contributed by atoms with Crippen LogP contribution >= 0.6 is 11.8 Å².